The molecule has 3 heterocycles. The number of rotatable bonds is 1. The molecule has 5 nitrogen and oxygen atoms in total. The molecular formula is C13H8N2O3S. The maximum absolute atomic E-state index is 10.9. The number of pyridine rings is 1. The fourth-order valence-corrected chi connectivity index (χ4v) is 3.10. The van der Waals surface area contributed by atoms with E-state index >= 15 is 0 Å². The van der Waals surface area contributed by atoms with Crippen LogP contribution in [0.25, 0.3) is 21.1 Å². The summed E-state index contributed by atoms with van der Waals surface area (Å²) in [5, 5.41) is 1.72. The van der Waals surface area contributed by atoms with Crippen molar-refractivity contribution in [3.8, 4) is 11.5 Å². The van der Waals surface area contributed by atoms with Crippen molar-refractivity contribution in [3.05, 3.63) is 23.1 Å². The lowest BCUT2D eigenvalue weighted by atomic mass is 10.1. The Kier molecular flexibility index (Phi) is 1.99. The van der Waals surface area contributed by atoms with Crippen LogP contribution in [0.1, 0.15) is 9.67 Å². The lowest BCUT2D eigenvalue weighted by Gasteiger charge is -2.01. The molecule has 3 aromatic rings. The second-order valence-corrected chi connectivity index (χ2v) is 5.27. The van der Waals surface area contributed by atoms with Gasteiger partial charge in [0.15, 0.2) is 17.8 Å². The van der Waals surface area contributed by atoms with Crippen LogP contribution >= 0.6 is 11.3 Å². The van der Waals surface area contributed by atoms with Gasteiger partial charge in [0.2, 0.25) is 6.79 Å². The Labute approximate surface area is 111 Å². The minimum absolute atomic E-state index is 0.234. The molecule has 0 fully saturated rings. The molecule has 0 atom stereocenters. The van der Waals surface area contributed by atoms with Crippen LogP contribution in [0.4, 0.5) is 5.69 Å². The van der Waals surface area contributed by atoms with Crippen LogP contribution in [0, 0.1) is 0 Å². The number of anilines is 1. The van der Waals surface area contributed by atoms with E-state index in [0.717, 1.165) is 27.4 Å². The molecule has 0 amide bonds. The molecule has 0 unspecified atom stereocenters. The van der Waals surface area contributed by atoms with Crippen molar-refractivity contribution in [2.75, 3.05) is 12.5 Å². The smallest absolute Gasteiger partial charge is 0.231 e. The zero-order valence-electron chi connectivity index (χ0n) is 9.67. The van der Waals surface area contributed by atoms with Gasteiger partial charge in [-0.15, -0.1) is 11.3 Å². The number of nitrogens with zero attached hydrogens (tertiary/aromatic N) is 1. The molecule has 0 spiro atoms. The summed E-state index contributed by atoms with van der Waals surface area (Å²) in [6.45, 7) is 0.234. The largest absolute Gasteiger partial charge is 0.454 e. The average molecular weight is 272 g/mol. The number of fused-ring (bicyclic) bond motifs is 3. The number of benzene rings is 1. The summed E-state index contributed by atoms with van der Waals surface area (Å²) in [6, 6.07) is 5.65. The van der Waals surface area contributed by atoms with E-state index in [-0.39, 0.29) is 6.79 Å². The highest BCUT2D eigenvalue weighted by atomic mass is 32.1. The number of hydrogen-bond donors (Lipinski definition) is 1. The van der Waals surface area contributed by atoms with Gasteiger partial charge >= 0.3 is 0 Å². The topological polar surface area (TPSA) is 74.4 Å². The average Bonchev–Trinajstić information content (AvgIpc) is 2.98. The summed E-state index contributed by atoms with van der Waals surface area (Å²) in [7, 11) is 0. The fourth-order valence-electron chi connectivity index (χ4n) is 2.20. The first-order valence-electron chi connectivity index (χ1n) is 5.64. The summed E-state index contributed by atoms with van der Waals surface area (Å²) in [4.78, 5) is 16.7. The normalized spacial score (nSPS) is 13.3. The van der Waals surface area contributed by atoms with Crippen LogP contribution in [0.3, 0.4) is 0 Å². The van der Waals surface area contributed by atoms with Crippen molar-refractivity contribution in [3.63, 3.8) is 0 Å². The van der Waals surface area contributed by atoms with Gasteiger partial charge in [0.1, 0.15) is 4.83 Å². The molecule has 1 aliphatic rings. The summed E-state index contributed by atoms with van der Waals surface area (Å²) in [6.07, 6.45) is 0.762. The molecule has 2 aromatic heterocycles. The van der Waals surface area contributed by atoms with Crippen molar-refractivity contribution in [2.45, 2.75) is 0 Å². The Hall–Kier alpha value is -2.34. The number of aromatic nitrogens is 1. The number of thiophene rings is 1. The van der Waals surface area contributed by atoms with Gasteiger partial charge in [-0.1, -0.05) is 0 Å². The summed E-state index contributed by atoms with van der Waals surface area (Å²) >= 11 is 1.30. The Morgan fingerprint density at radius 3 is 2.84 bits per heavy atom. The van der Waals surface area contributed by atoms with Crippen molar-refractivity contribution in [1.29, 1.82) is 0 Å². The zero-order chi connectivity index (χ0) is 13.0. The van der Waals surface area contributed by atoms with E-state index in [2.05, 4.69) is 4.98 Å². The van der Waals surface area contributed by atoms with E-state index in [0.29, 0.717) is 22.1 Å². The van der Waals surface area contributed by atoms with Gasteiger partial charge in [0.05, 0.1) is 16.1 Å². The number of carbonyl (C=O) groups excluding carboxylic acids is 1. The second-order valence-electron chi connectivity index (χ2n) is 4.24. The maximum atomic E-state index is 10.9. The summed E-state index contributed by atoms with van der Waals surface area (Å²) in [5.41, 5.74) is 7.23. The Bertz CT molecular complexity index is 841. The Morgan fingerprint density at radius 2 is 2.05 bits per heavy atom. The first-order valence-corrected chi connectivity index (χ1v) is 6.45. The molecule has 0 saturated carbocycles. The number of aldehydes is 1. The van der Waals surface area contributed by atoms with Crippen LogP contribution < -0.4 is 15.2 Å². The summed E-state index contributed by atoms with van der Waals surface area (Å²) < 4.78 is 10.7. The molecule has 1 aliphatic heterocycles. The molecule has 0 aliphatic carbocycles. The lowest BCUT2D eigenvalue weighted by molar-refractivity contribution is 0.112. The van der Waals surface area contributed by atoms with Crippen LogP contribution in [-0.4, -0.2) is 18.1 Å². The van der Waals surface area contributed by atoms with E-state index in [1.165, 1.54) is 11.3 Å². The van der Waals surface area contributed by atoms with E-state index in [9.17, 15) is 4.79 Å². The second kappa shape index (κ2) is 3.58. The third kappa shape index (κ3) is 1.40. The van der Waals surface area contributed by atoms with Gasteiger partial charge in [-0.3, -0.25) is 4.79 Å². The van der Waals surface area contributed by atoms with E-state index < -0.39 is 0 Å². The molecule has 0 radical (unpaired) electrons. The highest BCUT2D eigenvalue weighted by Crippen LogP contribution is 2.39. The molecule has 94 valence electrons. The highest BCUT2D eigenvalue weighted by molar-refractivity contribution is 7.20. The number of hydrogen-bond acceptors (Lipinski definition) is 6. The first-order chi connectivity index (χ1) is 9.26. The molecule has 0 saturated heterocycles. The van der Waals surface area contributed by atoms with Crippen molar-refractivity contribution in [2.24, 2.45) is 0 Å². The molecule has 2 N–H and O–H groups in total. The van der Waals surface area contributed by atoms with Crippen molar-refractivity contribution < 1.29 is 14.3 Å². The predicted molar refractivity (Wildman–Crippen MR) is 73.0 cm³/mol. The van der Waals surface area contributed by atoms with Crippen LogP contribution in [0.2, 0.25) is 0 Å². The predicted octanol–water partition coefficient (Wildman–Crippen LogP) is 2.57. The van der Waals surface area contributed by atoms with E-state index in [4.69, 9.17) is 15.2 Å². The van der Waals surface area contributed by atoms with Gasteiger partial charge in [-0.05, 0) is 12.1 Å². The molecule has 4 rings (SSSR count). The van der Waals surface area contributed by atoms with Gasteiger partial charge in [0, 0.05) is 16.8 Å². The summed E-state index contributed by atoms with van der Waals surface area (Å²) in [5.74, 6) is 1.40. The van der Waals surface area contributed by atoms with Crippen LogP contribution in [-0.2, 0) is 0 Å². The zero-order valence-corrected chi connectivity index (χ0v) is 10.5. The third-order valence-electron chi connectivity index (χ3n) is 3.14. The standard InChI is InChI=1S/C13H8N2O3S/c14-12-7-1-6-2-9-10(18-5-17-9)3-8(6)15-13(7)19-11(12)4-16/h1-4H,5,14H2. The number of ether oxygens (including phenoxy) is 2. The first kappa shape index (κ1) is 10.6. The minimum Gasteiger partial charge on any atom is -0.454 e. The van der Waals surface area contributed by atoms with Gasteiger partial charge in [-0.25, -0.2) is 4.98 Å². The van der Waals surface area contributed by atoms with Gasteiger partial charge < -0.3 is 15.2 Å². The molecule has 1 aromatic carbocycles. The van der Waals surface area contributed by atoms with Crippen molar-refractivity contribution in [1.82, 2.24) is 4.98 Å². The Morgan fingerprint density at radius 1 is 1.26 bits per heavy atom. The number of nitrogen functional groups attached to an aromatic ring is 1. The fraction of sp³-hybridized carbons (Fsp3) is 0.0769. The molecule has 19 heavy (non-hydrogen) atoms. The molecule has 6 heteroatoms. The molecule has 0 bridgehead atoms. The lowest BCUT2D eigenvalue weighted by Crippen LogP contribution is -1.92. The highest BCUT2D eigenvalue weighted by Gasteiger charge is 2.17. The van der Waals surface area contributed by atoms with E-state index in [1.807, 2.05) is 18.2 Å². The van der Waals surface area contributed by atoms with Gasteiger partial charge in [0.25, 0.3) is 0 Å². The molecular weight excluding hydrogens is 264 g/mol. The van der Waals surface area contributed by atoms with Gasteiger partial charge in [-0.2, -0.15) is 0 Å². The monoisotopic (exact) mass is 272 g/mol. The SMILES string of the molecule is Nc1c(C=O)sc2nc3cc4c(cc3cc12)OCO4. The van der Waals surface area contributed by atoms with Crippen molar-refractivity contribution >= 4 is 44.4 Å². The maximum Gasteiger partial charge on any atom is 0.231 e. The minimum atomic E-state index is 0.234. The third-order valence-corrected chi connectivity index (χ3v) is 4.18. The van der Waals surface area contributed by atoms with Crippen LogP contribution in [0.15, 0.2) is 18.2 Å². The Balaban J connectivity index is 2.09. The van der Waals surface area contributed by atoms with Crippen LogP contribution in [0.5, 0.6) is 11.5 Å². The van der Waals surface area contributed by atoms with E-state index in [1.54, 1.807) is 0 Å². The quantitative estimate of drug-likeness (QED) is 0.689. The number of carbonyl (C=O) groups is 1. The number of nitrogens with two attached hydrogens (primary N) is 1.